The number of para-hydroxylation sites is 1. The van der Waals surface area contributed by atoms with Gasteiger partial charge in [-0.15, -0.1) is 0 Å². The van der Waals surface area contributed by atoms with E-state index in [1.807, 2.05) is 60.4 Å². The number of benzene rings is 3. The molecule has 1 saturated heterocycles. The van der Waals surface area contributed by atoms with Crippen molar-refractivity contribution in [1.82, 2.24) is 4.90 Å². The third kappa shape index (κ3) is 3.93. The Morgan fingerprint density at radius 1 is 0.879 bits per heavy atom. The summed E-state index contributed by atoms with van der Waals surface area (Å²) in [5.41, 5.74) is 2.00. The third-order valence-electron chi connectivity index (χ3n) is 6.35. The van der Waals surface area contributed by atoms with E-state index in [9.17, 15) is 9.59 Å². The minimum absolute atomic E-state index is 0.0397. The molecule has 0 spiro atoms. The van der Waals surface area contributed by atoms with Crippen LogP contribution in [0.5, 0.6) is 5.75 Å². The van der Waals surface area contributed by atoms with Crippen molar-refractivity contribution in [3.63, 3.8) is 0 Å². The molecule has 1 amide bonds. The standard InChI is InChI=1S/C27H26N2O4/c1-18-24(13-12-22-21-10-6-7-11-23(21)27(31)33-25(18)22)32-19(2)26(30)29-16-14-28(15-17-29)20-8-4-3-5-9-20/h3-13,19H,14-17H2,1-2H3/t19-/m1/s1. The van der Waals surface area contributed by atoms with Crippen molar-refractivity contribution in [2.45, 2.75) is 20.0 Å². The summed E-state index contributed by atoms with van der Waals surface area (Å²) in [6.07, 6.45) is -0.642. The van der Waals surface area contributed by atoms with E-state index in [1.165, 1.54) is 5.69 Å². The lowest BCUT2D eigenvalue weighted by molar-refractivity contribution is -0.138. The van der Waals surface area contributed by atoms with Gasteiger partial charge in [0.25, 0.3) is 5.91 Å². The van der Waals surface area contributed by atoms with Crippen LogP contribution in [0.2, 0.25) is 0 Å². The van der Waals surface area contributed by atoms with Gasteiger partial charge in [0, 0.05) is 42.8 Å². The van der Waals surface area contributed by atoms with Crippen LogP contribution in [0.3, 0.4) is 0 Å². The highest BCUT2D eigenvalue weighted by Crippen LogP contribution is 2.31. The number of piperazine rings is 1. The fourth-order valence-corrected chi connectivity index (χ4v) is 4.51. The number of hydrogen-bond acceptors (Lipinski definition) is 5. The Labute approximate surface area is 192 Å². The molecule has 0 saturated carbocycles. The quantitative estimate of drug-likeness (QED) is 0.347. The van der Waals surface area contributed by atoms with E-state index in [-0.39, 0.29) is 11.5 Å². The molecule has 168 valence electrons. The molecule has 0 N–H and O–H groups in total. The molecule has 33 heavy (non-hydrogen) atoms. The molecule has 1 aliphatic rings. The van der Waals surface area contributed by atoms with E-state index < -0.39 is 6.10 Å². The van der Waals surface area contributed by atoms with Gasteiger partial charge in [0.05, 0.1) is 5.39 Å². The number of amides is 1. The van der Waals surface area contributed by atoms with Crippen molar-refractivity contribution in [2.75, 3.05) is 31.1 Å². The third-order valence-corrected chi connectivity index (χ3v) is 6.35. The topological polar surface area (TPSA) is 63.0 Å². The fourth-order valence-electron chi connectivity index (χ4n) is 4.51. The van der Waals surface area contributed by atoms with Gasteiger partial charge in [-0.1, -0.05) is 36.4 Å². The first-order valence-electron chi connectivity index (χ1n) is 11.2. The number of aryl methyl sites for hydroxylation is 1. The highest BCUT2D eigenvalue weighted by Gasteiger charge is 2.27. The summed E-state index contributed by atoms with van der Waals surface area (Å²) in [4.78, 5) is 29.7. The summed E-state index contributed by atoms with van der Waals surface area (Å²) >= 11 is 0. The first kappa shape index (κ1) is 21.1. The summed E-state index contributed by atoms with van der Waals surface area (Å²) in [6, 6.07) is 21.4. The number of hydrogen-bond donors (Lipinski definition) is 0. The van der Waals surface area contributed by atoms with Gasteiger partial charge in [-0.05, 0) is 49.6 Å². The Hall–Kier alpha value is -3.80. The zero-order valence-corrected chi connectivity index (χ0v) is 18.8. The number of rotatable bonds is 4. The molecule has 6 nitrogen and oxygen atoms in total. The molecule has 1 fully saturated rings. The Kier molecular flexibility index (Phi) is 5.50. The molecule has 5 rings (SSSR count). The molecule has 1 atom stereocenters. The van der Waals surface area contributed by atoms with Gasteiger partial charge in [-0.2, -0.15) is 0 Å². The zero-order valence-electron chi connectivity index (χ0n) is 18.8. The normalized spacial score (nSPS) is 15.1. The van der Waals surface area contributed by atoms with E-state index in [1.54, 1.807) is 13.0 Å². The SMILES string of the molecule is Cc1c(O[C@H](C)C(=O)N2CCN(c3ccccc3)CC2)ccc2c1oc(=O)c1ccccc12. The monoisotopic (exact) mass is 442 g/mol. The van der Waals surface area contributed by atoms with Crippen LogP contribution < -0.4 is 15.3 Å². The number of carbonyl (C=O) groups is 1. The first-order chi connectivity index (χ1) is 16.0. The number of fused-ring (bicyclic) bond motifs is 3. The van der Waals surface area contributed by atoms with Gasteiger partial charge in [0.2, 0.25) is 0 Å². The van der Waals surface area contributed by atoms with E-state index in [0.29, 0.717) is 35.4 Å². The van der Waals surface area contributed by atoms with Gasteiger partial charge < -0.3 is 19.0 Å². The van der Waals surface area contributed by atoms with E-state index in [4.69, 9.17) is 9.15 Å². The molecular weight excluding hydrogens is 416 g/mol. The molecule has 4 aromatic rings. The molecule has 1 aliphatic heterocycles. The maximum Gasteiger partial charge on any atom is 0.344 e. The summed E-state index contributed by atoms with van der Waals surface area (Å²) in [6.45, 7) is 6.50. The second kappa shape index (κ2) is 8.62. The van der Waals surface area contributed by atoms with Crippen molar-refractivity contribution < 1.29 is 13.9 Å². The van der Waals surface area contributed by atoms with Crippen molar-refractivity contribution in [3.05, 3.63) is 82.7 Å². The van der Waals surface area contributed by atoms with Gasteiger partial charge >= 0.3 is 5.63 Å². The van der Waals surface area contributed by atoms with E-state index in [2.05, 4.69) is 17.0 Å². The van der Waals surface area contributed by atoms with Crippen LogP contribution in [0.15, 0.2) is 75.9 Å². The number of carbonyl (C=O) groups excluding carboxylic acids is 1. The summed E-state index contributed by atoms with van der Waals surface area (Å²) in [7, 11) is 0. The smallest absolute Gasteiger partial charge is 0.344 e. The van der Waals surface area contributed by atoms with E-state index in [0.717, 1.165) is 23.9 Å². The van der Waals surface area contributed by atoms with Crippen LogP contribution in [-0.2, 0) is 4.79 Å². The van der Waals surface area contributed by atoms with Crippen LogP contribution in [0.4, 0.5) is 5.69 Å². The van der Waals surface area contributed by atoms with Crippen molar-refractivity contribution in [1.29, 1.82) is 0 Å². The largest absolute Gasteiger partial charge is 0.480 e. The predicted octanol–water partition coefficient (Wildman–Crippen LogP) is 4.37. The van der Waals surface area contributed by atoms with Crippen molar-refractivity contribution in [2.24, 2.45) is 0 Å². The highest BCUT2D eigenvalue weighted by molar-refractivity contribution is 6.05. The number of anilines is 1. The average molecular weight is 443 g/mol. The Balaban J connectivity index is 1.32. The minimum atomic E-state index is -0.642. The molecule has 0 aliphatic carbocycles. The maximum atomic E-state index is 13.1. The predicted molar refractivity (Wildman–Crippen MR) is 130 cm³/mol. The Bertz CT molecular complexity index is 1370. The van der Waals surface area contributed by atoms with Crippen molar-refractivity contribution >= 4 is 33.3 Å². The van der Waals surface area contributed by atoms with Crippen LogP contribution >= 0.6 is 0 Å². The summed E-state index contributed by atoms with van der Waals surface area (Å²) in [5, 5.41) is 2.25. The Morgan fingerprint density at radius 3 is 2.27 bits per heavy atom. The second-order valence-electron chi connectivity index (χ2n) is 8.41. The zero-order chi connectivity index (χ0) is 22.9. The van der Waals surface area contributed by atoms with Gasteiger partial charge in [-0.3, -0.25) is 4.79 Å². The summed E-state index contributed by atoms with van der Waals surface area (Å²) in [5.74, 6) is 0.506. The molecule has 6 heteroatoms. The average Bonchev–Trinajstić information content (AvgIpc) is 2.86. The lowest BCUT2D eigenvalue weighted by Crippen LogP contribution is -2.52. The Morgan fingerprint density at radius 2 is 1.55 bits per heavy atom. The van der Waals surface area contributed by atoms with Gasteiger partial charge in [0.15, 0.2) is 6.10 Å². The lowest BCUT2D eigenvalue weighted by atomic mass is 10.0. The van der Waals surface area contributed by atoms with E-state index >= 15 is 0 Å². The molecule has 3 aromatic carbocycles. The van der Waals surface area contributed by atoms with Crippen LogP contribution in [0.25, 0.3) is 21.7 Å². The molecule has 0 unspecified atom stereocenters. The molecule has 1 aromatic heterocycles. The molecular formula is C27H26N2O4. The van der Waals surface area contributed by atoms with Gasteiger partial charge in [0.1, 0.15) is 11.3 Å². The molecule has 0 bridgehead atoms. The van der Waals surface area contributed by atoms with Crippen LogP contribution in [0, 0.1) is 6.92 Å². The van der Waals surface area contributed by atoms with Crippen LogP contribution in [-0.4, -0.2) is 43.1 Å². The first-order valence-corrected chi connectivity index (χ1v) is 11.2. The van der Waals surface area contributed by atoms with Crippen molar-refractivity contribution in [3.8, 4) is 5.75 Å². The minimum Gasteiger partial charge on any atom is -0.480 e. The fraction of sp³-hybridized carbons (Fsp3) is 0.259. The lowest BCUT2D eigenvalue weighted by Gasteiger charge is -2.37. The molecule has 0 radical (unpaired) electrons. The maximum absolute atomic E-state index is 13.1. The van der Waals surface area contributed by atoms with Crippen LogP contribution in [0.1, 0.15) is 12.5 Å². The summed E-state index contributed by atoms with van der Waals surface area (Å²) < 4.78 is 11.7. The second-order valence-corrected chi connectivity index (χ2v) is 8.41. The number of ether oxygens (including phenoxy) is 1. The van der Waals surface area contributed by atoms with Gasteiger partial charge in [-0.25, -0.2) is 4.79 Å². The number of nitrogens with zero attached hydrogens (tertiary/aromatic N) is 2. The molecule has 2 heterocycles. The highest BCUT2D eigenvalue weighted by atomic mass is 16.5.